The topological polar surface area (TPSA) is 55.6 Å². The van der Waals surface area contributed by atoms with Gasteiger partial charge in [-0.1, -0.05) is 18.2 Å². The Hall–Kier alpha value is -3.28. The van der Waals surface area contributed by atoms with Crippen LogP contribution >= 0.6 is 0 Å². The van der Waals surface area contributed by atoms with Gasteiger partial charge in [0, 0.05) is 18.9 Å². The molecule has 4 rings (SSSR count). The molecule has 2 aromatic heterocycles. The van der Waals surface area contributed by atoms with Crippen LogP contribution in [0.1, 0.15) is 11.3 Å². The highest BCUT2D eigenvalue weighted by molar-refractivity contribution is 5.76. The Balaban J connectivity index is 1.55. The van der Waals surface area contributed by atoms with Gasteiger partial charge in [0.15, 0.2) is 0 Å². The van der Waals surface area contributed by atoms with E-state index in [1.165, 1.54) is 6.07 Å². The number of anilines is 1. The number of imidazole rings is 1. The SMILES string of the molecule is Cc1nc2ccccc2nc1NCc1ccc(-n2ccnc2)c(F)c1. The largest absolute Gasteiger partial charge is 0.364 e. The van der Waals surface area contributed by atoms with E-state index in [4.69, 9.17) is 0 Å². The number of aromatic nitrogens is 4. The molecule has 2 aromatic carbocycles. The number of halogens is 1. The number of para-hydroxylation sites is 2. The predicted molar refractivity (Wildman–Crippen MR) is 95.1 cm³/mol. The van der Waals surface area contributed by atoms with Crippen LogP contribution in [0.3, 0.4) is 0 Å². The van der Waals surface area contributed by atoms with E-state index < -0.39 is 0 Å². The normalized spacial score (nSPS) is 11.0. The van der Waals surface area contributed by atoms with Crippen molar-refractivity contribution in [3.8, 4) is 5.69 Å². The molecule has 1 N–H and O–H groups in total. The molecule has 0 amide bonds. The quantitative estimate of drug-likeness (QED) is 0.616. The summed E-state index contributed by atoms with van der Waals surface area (Å²) in [5.74, 6) is 0.413. The third-order valence-corrected chi connectivity index (χ3v) is 4.00. The molecule has 0 radical (unpaired) electrons. The Bertz CT molecular complexity index is 1030. The molecule has 2 heterocycles. The Labute approximate surface area is 144 Å². The van der Waals surface area contributed by atoms with E-state index >= 15 is 0 Å². The number of hydrogen-bond acceptors (Lipinski definition) is 4. The average Bonchev–Trinajstić information content (AvgIpc) is 3.14. The van der Waals surface area contributed by atoms with Crippen LogP contribution in [0.4, 0.5) is 10.2 Å². The summed E-state index contributed by atoms with van der Waals surface area (Å²) in [6.45, 7) is 2.37. The molecule has 25 heavy (non-hydrogen) atoms. The van der Waals surface area contributed by atoms with Gasteiger partial charge in [-0.15, -0.1) is 0 Å². The lowest BCUT2D eigenvalue weighted by atomic mass is 10.2. The fourth-order valence-corrected chi connectivity index (χ4v) is 2.71. The number of nitrogens with one attached hydrogen (secondary N) is 1. The average molecular weight is 333 g/mol. The monoisotopic (exact) mass is 333 g/mol. The molecule has 6 heteroatoms. The zero-order valence-electron chi connectivity index (χ0n) is 13.6. The molecule has 0 saturated heterocycles. The Morgan fingerprint density at radius 1 is 1.08 bits per heavy atom. The predicted octanol–water partition coefficient (Wildman–Crippen LogP) is 3.88. The van der Waals surface area contributed by atoms with Gasteiger partial charge >= 0.3 is 0 Å². The summed E-state index contributed by atoms with van der Waals surface area (Å²) in [6.07, 6.45) is 4.91. The number of nitrogens with zero attached hydrogens (tertiary/aromatic N) is 4. The molecule has 0 spiro atoms. The first kappa shape index (κ1) is 15.3. The van der Waals surface area contributed by atoms with Crippen molar-refractivity contribution in [2.24, 2.45) is 0 Å². The minimum atomic E-state index is -0.293. The molecule has 0 aliphatic carbocycles. The lowest BCUT2D eigenvalue weighted by Gasteiger charge is -2.11. The first-order valence-electron chi connectivity index (χ1n) is 7.95. The van der Waals surface area contributed by atoms with Gasteiger partial charge in [-0.2, -0.15) is 0 Å². The summed E-state index contributed by atoms with van der Waals surface area (Å²) < 4.78 is 16.0. The molecule has 0 bridgehead atoms. The van der Waals surface area contributed by atoms with Gasteiger partial charge in [-0.3, -0.25) is 0 Å². The number of fused-ring (bicyclic) bond motifs is 1. The van der Waals surface area contributed by atoms with E-state index in [1.54, 1.807) is 29.4 Å². The summed E-state index contributed by atoms with van der Waals surface area (Å²) in [5.41, 5.74) is 3.81. The number of benzene rings is 2. The summed E-state index contributed by atoms with van der Waals surface area (Å²) in [4.78, 5) is 13.1. The van der Waals surface area contributed by atoms with E-state index in [0.29, 0.717) is 18.1 Å². The number of aryl methyl sites for hydroxylation is 1. The van der Waals surface area contributed by atoms with Crippen LogP contribution < -0.4 is 5.32 Å². The van der Waals surface area contributed by atoms with Gasteiger partial charge in [0.05, 0.1) is 28.7 Å². The van der Waals surface area contributed by atoms with E-state index in [9.17, 15) is 4.39 Å². The van der Waals surface area contributed by atoms with Gasteiger partial charge in [0.25, 0.3) is 0 Å². The fourth-order valence-electron chi connectivity index (χ4n) is 2.71. The van der Waals surface area contributed by atoms with E-state index in [-0.39, 0.29) is 5.82 Å². The second kappa shape index (κ2) is 6.32. The van der Waals surface area contributed by atoms with Crippen LogP contribution in [0.15, 0.2) is 61.2 Å². The Morgan fingerprint density at radius 3 is 2.60 bits per heavy atom. The molecule has 5 nitrogen and oxygen atoms in total. The van der Waals surface area contributed by atoms with Crippen LogP contribution in [-0.4, -0.2) is 19.5 Å². The van der Waals surface area contributed by atoms with Gasteiger partial charge in [0.1, 0.15) is 11.6 Å². The highest BCUT2D eigenvalue weighted by Crippen LogP contribution is 2.18. The summed E-state index contributed by atoms with van der Waals surface area (Å²) in [6, 6.07) is 12.9. The summed E-state index contributed by atoms with van der Waals surface area (Å²) >= 11 is 0. The van der Waals surface area contributed by atoms with Crippen LogP contribution in [-0.2, 0) is 6.54 Å². The van der Waals surface area contributed by atoms with Crippen molar-refractivity contribution in [1.82, 2.24) is 19.5 Å². The van der Waals surface area contributed by atoms with E-state index in [0.717, 1.165) is 22.3 Å². The zero-order chi connectivity index (χ0) is 17.2. The van der Waals surface area contributed by atoms with Crippen molar-refractivity contribution in [3.63, 3.8) is 0 Å². The van der Waals surface area contributed by atoms with Crippen molar-refractivity contribution < 1.29 is 4.39 Å². The Kier molecular flexibility index (Phi) is 3.85. The van der Waals surface area contributed by atoms with Gasteiger partial charge in [-0.25, -0.2) is 19.3 Å². The first-order valence-corrected chi connectivity index (χ1v) is 7.95. The summed E-state index contributed by atoms with van der Waals surface area (Å²) in [5, 5.41) is 3.24. The molecule has 0 atom stereocenters. The molecule has 124 valence electrons. The van der Waals surface area contributed by atoms with Gasteiger partial charge in [-0.05, 0) is 36.8 Å². The molecule has 0 aliphatic heterocycles. The maximum atomic E-state index is 14.3. The molecule has 0 aliphatic rings. The second-order valence-electron chi connectivity index (χ2n) is 5.76. The second-order valence-corrected chi connectivity index (χ2v) is 5.76. The molecule has 0 fully saturated rings. The maximum absolute atomic E-state index is 14.3. The lowest BCUT2D eigenvalue weighted by molar-refractivity contribution is 0.616. The zero-order valence-corrected chi connectivity index (χ0v) is 13.6. The number of hydrogen-bond donors (Lipinski definition) is 1. The van der Waals surface area contributed by atoms with E-state index in [2.05, 4.69) is 20.3 Å². The van der Waals surface area contributed by atoms with Crippen LogP contribution in [0.25, 0.3) is 16.7 Å². The minimum Gasteiger partial charge on any atom is -0.364 e. The molecule has 0 saturated carbocycles. The molecule has 0 unspecified atom stereocenters. The molecular weight excluding hydrogens is 317 g/mol. The van der Waals surface area contributed by atoms with Crippen molar-refractivity contribution in [3.05, 3.63) is 78.3 Å². The van der Waals surface area contributed by atoms with Crippen molar-refractivity contribution in [2.75, 3.05) is 5.32 Å². The highest BCUT2D eigenvalue weighted by atomic mass is 19.1. The van der Waals surface area contributed by atoms with Gasteiger partial charge < -0.3 is 9.88 Å². The molecule has 4 aromatic rings. The van der Waals surface area contributed by atoms with Gasteiger partial charge in [0.2, 0.25) is 0 Å². The van der Waals surface area contributed by atoms with Crippen molar-refractivity contribution >= 4 is 16.9 Å². The van der Waals surface area contributed by atoms with Crippen LogP contribution in [0.2, 0.25) is 0 Å². The number of rotatable bonds is 4. The minimum absolute atomic E-state index is 0.293. The highest BCUT2D eigenvalue weighted by Gasteiger charge is 2.08. The van der Waals surface area contributed by atoms with Crippen LogP contribution in [0.5, 0.6) is 0 Å². The lowest BCUT2D eigenvalue weighted by Crippen LogP contribution is -2.06. The van der Waals surface area contributed by atoms with Crippen LogP contribution in [0, 0.1) is 12.7 Å². The van der Waals surface area contributed by atoms with Crippen molar-refractivity contribution in [2.45, 2.75) is 13.5 Å². The third-order valence-electron chi connectivity index (χ3n) is 4.00. The standard InChI is InChI=1S/C19H16FN5/c1-13-19(24-17-5-3-2-4-16(17)23-13)22-11-14-6-7-18(15(20)10-14)25-9-8-21-12-25/h2-10,12H,11H2,1H3,(H,22,24). The summed E-state index contributed by atoms with van der Waals surface area (Å²) in [7, 11) is 0. The fraction of sp³-hybridized carbons (Fsp3) is 0.105. The van der Waals surface area contributed by atoms with Crippen molar-refractivity contribution in [1.29, 1.82) is 0 Å². The smallest absolute Gasteiger partial charge is 0.148 e. The first-order chi connectivity index (χ1) is 12.2. The Morgan fingerprint density at radius 2 is 1.88 bits per heavy atom. The maximum Gasteiger partial charge on any atom is 0.148 e. The van der Waals surface area contributed by atoms with E-state index in [1.807, 2.05) is 37.3 Å². The molecular formula is C19H16FN5. The third kappa shape index (κ3) is 3.06.